The summed E-state index contributed by atoms with van der Waals surface area (Å²) in [6.45, 7) is 3.01. The van der Waals surface area contributed by atoms with Crippen LogP contribution >= 0.6 is 0 Å². The van der Waals surface area contributed by atoms with Crippen molar-refractivity contribution in [1.82, 2.24) is 0 Å². The molecule has 2 unspecified atom stereocenters. The lowest BCUT2D eigenvalue weighted by Gasteiger charge is -2.36. The van der Waals surface area contributed by atoms with Crippen molar-refractivity contribution in [3.63, 3.8) is 0 Å². The zero-order valence-electron chi connectivity index (χ0n) is 8.87. The summed E-state index contributed by atoms with van der Waals surface area (Å²) >= 11 is 0. The standard InChI is InChI=1S/C13H19N/c1-10-2-4-11(5-3-10)8-12-6-7-13(12)9-14/h2-5,12-13H,6-9,14H2,1H3. The topological polar surface area (TPSA) is 26.0 Å². The van der Waals surface area contributed by atoms with Crippen molar-refractivity contribution in [1.29, 1.82) is 0 Å². The molecule has 0 radical (unpaired) electrons. The lowest BCUT2D eigenvalue weighted by molar-refractivity contribution is 0.183. The molecule has 0 spiro atoms. The fourth-order valence-corrected chi connectivity index (χ4v) is 2.24. The molecule has 0 aliphatic heterocycles. The molecule has 1 aromatic rings. The van der Waals surface area contributed by atoms with E-state index in [0.717, 1.165) is 18.4 Å². The monoisotopic (exact) mass is 189 g/mol. The summed E-state index contributed by atoms with van der Waals surface area (Å²) in [5.74, 6) is 1.64. The first-order chi connectivity index (χ1) is 6.79. The highest BCUT2D eigenvalue weighted by Gasteiger charge is 2.29. The minimum atomic E-state index is 0.788. The molecule has 1 saturated carbocycles. The van der Waals surface area contributed by atoms with E-state index in [1.807, 2.05) is 0 Å². The molecule has 1 aliphatic rings. The SMILES string of the molecule is Cc1ccc(CC2CCC2CN)cc1. The van der Waals surface area contributed by atoms with Crippen LogP contribution in [0.25, 0.3) is 0 Å². The molecule has 2 atom stereocenters. The van der Waals surface area contributed by atoms with Gasteiger partial charge in [0.25, 0.3) is 0 Å². The van der Waals surface area contributed by atoms with Gasteiger partial charge >= 0.3 is 0 Å². The Hall–Kier alpha value is -0.820. The number of rotatable bonds is 3. The first-order valence-electron chi connectivity index (χ1n) is 5.55. The second kappa shape index (κ2) is 4.14. The number of hydrogen-bond acceptors (Lipinski definition) is 1. The largest absolute Gasteiger partial charge is 0.330 e. The number of aryl methyl sites for hydroxylation is 1. The van der Waals surface area contributed by atoms with Crippen LogP contribution in [0.5, 0.6) is 0 Å². The molecule has 0 amide bonds. The van der Waals surface area contributed by atoms with Gasteiger partial charge in [-0.1, -0.05) is 29.8 Å². The van der Waals surface area contributed by atoms with Crippen molar-refractivity contribution < 1.29 is 0 Å². The summed E-state index contributed by atoms with van der Waals surface area (Å²) in [5, 5.41) is 0. The molecular weight excluding hydrogens is 170 g/mol. The van der Waals surface area contributed by atoms with Crippen LogP contribution in [0.2, 0.25) is 0 Å². The van der Waals surface area contributed by atoms with E-state index in [1.165, 1.54) is 30.4 Å². The van der Waals surface area contributed by atoms with Crippen molar-refractivity contribution in [2.75, 3.05) is 6.54 Å². The summed E-state index contributed by atoms with van der Waals surface area (Å²) in [4.78, 5) is 0. The molecule has 1 nitrogen and oxygen atoms in total. The average molecular weight is 189 g/mol. The van der Waals surface area contributed by atoms with Crippen LogP contribution < -0.4 is 5.73 Å². The van der Waals surface area contributed by atoms with Crippen molar-refractivity contribution in [2.24, 2.45) is 17.6 Å². The van der Waals surface area contributed by atoms with Gasteiger partial charge in [-0.25, -0.2) is 0 Å². The maximum atomic E-state index is 5.70. The van der Waals surface area contributed by atoms with Gasteiger partial charge in [-0.2, -0.15) is 0 Å². The molecule has 2 rings (SSSR count). The summed E-state index contributed by atoms with van der Waals surface area (Å²) in [6.07, 6.45) is 3.94. The zero-order valence-corrected chi connectivity index (χ0v) is 8.87. The first-order valence-corrected chi connectivity index (χ1v) is 5.55. The summed E-state index contributed by atoms with van der Waals surface area (Å²) in [6, 6.07) is 8.90. The van der Waals surface area contributed by atoms with Gasteiger partial charge < -0.3 is 5.73 Å². The maximum absolute atomic E-state index is 5.70. The fourth-order valence-electron chi connectivity index (χ4n) is 2.24. The molecule has 0 heterocycles. The Labute approximate surface area is 86.3 Å². The van der Waals surface area contributed by atoms with E-state index in [9.17, 15) is 0 Å². The van der Waals surface area contributed by atoms with E-state index in [2.05, 4.69) is 31.2 Å². The van der Waals surface area contributed by atoms with E-state index in [4.69, 9.17) is 5.73 Å². The lowest BCUT2D eigenvalue weighted by Crippen LogP contribution is -2.33. The van der Waals surface area contributed by atoms with Crippen molar-refractivity contribution >= 4 is 0 Å². The zero-order chi connectivity index (χ0) is 9.97. The molecule has 0 saturated heterocycles. The fraction of sp³-hybridized carbons (Fsp3) is 0.538. The molecular formula is C13H19N. The average Bonchev–Trinajstić information content (AvgIpc) is 2.16. The highest BCUT2D eigenvalue weighted by atomic mass is 14.6. The lowest BCUT2D eigenvalue weighted by atomic mass is 9.71. The van der Waals surface area contributed by atoms with Crippen LogP contribution in [0, 0.1) is 18.8 Å². The Balaban J connectivity index is 1.94. The van der Waals surface area contributed by atoms with Gasteiger partial charge in [0.1, 0.15) is 0 Å². The van der Waals surface area contributed by atoms with E-state index in [-0.39, 0.29) is 0 Å². The van der Waals surface area contributed by atoms with Crippen LogP contribution in [0.1, 0.15) is 24.0 Å². The molecule has 76 valence electrons. The Morgan fingerprint density at radius 2 is 1.79 bits per heavy atom. The van der Waals surface area contributed by atoms with Gasteiger partial charge in [0.2, 0.25) is 0 Å². The van der Waals surface area contributed by atoms with Crippen LogP contribution in [0.3, 0.4) is 0 Å². The summed E-state index contributed by atoms with van der Waals surface area (Å²) in [5.41, 5.74) is 8.52. The quantitative estimate of drug-likeness (QED) is 0.777. The van der Waals surface area contributed by atoms with Crippen molar-refractivity contribution in [3.05, 3.63) is 35.4 Å². The third-order valence-electron chi connectivity index (χ3n) is 3.50. The van der Waals surface area contributed by atoms with Crippen molar-refractivity contribution in [3.8, 4) is 0 Å². The normalized spacial score (nSPS) is 25.9. The predicted octanol–water partition coefficient (Wildman–Crippen LogP) is 2.52. The van der Waals surface area contributed by atoms with Gasteiger partial charge in [-0.15, -0.1) is 0 Å². The number of hydrogen-bond donors (Lipinski definition) is 1. The minimum Gasteiger partial charge on any atom is -0.330 e. The Morgan fingerprint density at radius 1 is 1.14 bits per heavy atom. The molecule has 0 aromatic heterocycles. The van der Waals surface area contributed by atoms with Crippen LogP contribution in [0.4, 0.5) is 0 Å². The van der Waals surface area contributed by atoms with Gasteiger partial charge in [0.05, 0.1) is 0 Å². The Morgan fingerprint density at radius 3 is 2.29 bits per heavy atom. The van der Waals surface area contributed by atoms with Crippen LogP contribution in [-0.4, -0.2) is 6.54 Å². The minimum absolute atomic E-state index is 0.788. The molecule has 1 aliphatic carbocycles. The molecule has 14 heavy (non-hydrogen) atoms. The van der Waals surface area contributed by atoms with E-state index >= 15 is 0 Å². The van der Waals surface area contributed by atoms with Crippen molar-refractivity contribution in [2.45, 2.75) is 26.2 Å². The van der Waals surface area contributed by atoms with E-state index < -0.39 is 0 Å². The highest BCUT2D eigenvalue weighted by molar-refractivity contribution is 5.22. The molecule has 1 aromatic carbocycles. The molecule has 1 fully saturated rings. The van der Waals surface area contributed by atoms with E-state index in [1.54, 1.807) is 0 Å². The smallest absolute Gasteiger partial charge is 0.00461 e. The predicted molar refractivity (Wildman–Crippen MR) is 60.2 cm³/mol. The van der Waals surface area contributed by atoms with Gasteiger partial charge in [-0.3, -0.25) is 0 Å². The second-order valence-corrected chi connectivity index (χ2v) is 4.52. The summed E-state index contributed by atoms with van der Waals surface area (Å²) < 4.78 is 0. The van der Waals surface area contributed by atoms with E-state index in [0.29, 0.717) is 0 Å². The second-order valence-electron chi connectivity index (χ2n) is 4.52. The molecule has 2 N–H and O–H groups in total. The number of nitrogens with two attached hydrogens (primary N) is 1. The molecule has 0 bridgehead atoms. The number of benzene rings is 1. The summed E-state index contributed by atoms with van der Waals surface area (Å²) in [7, 11) is 0. The van der Waals surface area contributed by atoms with Gasteiger partial charge in [-0.05, 0) is 50.1 Å². The van der Waals surface area contributed by atoms with Gasteiger partial charge in [0.15, 0.2) is 0 Å². The Bertz CT molecular complexity index is 287. The van der Waals surface area contributed by atoms with Gasteiger partial charge in [0, 0.05) is 0 Å². The molecule has 1 heteroatoms. The van der Waals surface area contributed by atoms with Crippen LogP contribution in [0.15, 0.2) is 24.3 Å². The highest BCUT2D eigenvalue weighted by Crippen LogP contribution is 2.35. The third kappa shape index (κ3) is 1.98. The Kier molecular flexibility index (Phi) is 2.87. The van der Waals surface area contributed by atoms with Crippen LogP contribution in [-0.2, 0) is 6.42 Å². The third-order valence-corrected chi connectivity index (χ3v) is 3.50. The first kappa shape index (κ1) is 9.72. The maximum Gasteiger partial charge on any atom is -0.00461 e.